The van der Waals surface area contributed by atoms with Crippen LogP contribution in [0.2, 0.25) is 0 Å². The van der Waals surface area contributed by atoms with Crippen LogP contribution in [0.15, 0.2) is 18.2 Å². The lowest BCUT2D eigenvalue weighted by atomic mass is 9.94. The number of primary amides is 1. The Morgan fingerprint density at radius 3 is 2.52 bits per heavy atom. The fourth-order valence-corrected chi connectivity index (χ4v) is 4.71. The number of carbonyl (C=O) groups is 2. The molecule has 1 aromatic rings. The van der Waals surface area contributed by atoms with Crippen LogP contribution in [-0.2, 0) is 11.3 Å². The summed E-state index contributed by atoms with van der Waals surface area (Å²) < 4.78 is 0. The lowest BCUT2D eigenvalue weighted by Gasteiger charge is -2.36. The topological polar surface area (TPSA) is 69.9 Å². The Morgan fingerprint density at radius 1 is 1.07 bits per heavy atom. The maximum atomic E-state index is 12.8. The number of hydrogen-bond acceptors (Lipinski definition) is 4. The van der Waals surface area contributed by atoms with Crippen molar-refractivity contribution in [1.82, 2.24) is 9.80 Å². The zero-order valence-corrected chi connectivity index (χ0v) is 16.0. The van der Waals surface area contributed by atoms with E-state index in [9.17, 15) is 9.59 Å². The molecule has 6 heteroatoms. The van der Waals surface area contributed by atoms with E-state index in [2.05, 4.69) is 26.8 Å². The second-order valence-electron chi connectivity index (χ2n) is 8.11. The molecule has 146 valence electrons. The molecule has 1 saturated carbocycles. The maximum Gasteiger partial charge on any atom is 0.254 e. The zero-order valence-electron chi connectivity index (χ0n) is 16.0. The first-order chi connectivity index (χ1) is 13.1. The van der Waals surface area contributed by atoms with Gasteiger partial charge < -0.3 is 15.5 Å². The molecule has 2 heterocycles. The summed E-state index contributed by atoms with van der Waals surface area (Å²) >= 11 is 0. The monoisotopic (exact) mass is 370 g/mol. The van der Waals surface area contributed by atoms with Crippen molar-refractivity contribution >= 4 is 17.5 Å². The van der Waals surface area contributed by atoms with Crippen LogP contribution in [0.3, 0.4) is 0 Å². The minimum atomic E-state index is -0.233. The van der Waals surface area contributed by atoms with Crippen molar-refractivity contribution in [2.45, 2.75) is 51.1 Å². The molecule has 4 rings (SSSR count). The number of amides is 2. The Kier molecular flexibility index (Phi) is 5.34. The Labute approximate surface area is 161 Å². The number of rotatable bonds is 5. The number of nitrogens with zero attached hydrogens (tertiary/aromatic N) is 3. The number of fused-ring (bicyclic) bond motifs is 1. The van der Waals surface area contributed by atoms with E-state index in [-0.39, 0.29) is 11.8 Å². The number of anilines is 1. The lowest BCUT2D eigenvalue weighted by Crippen LogP contribution is -2.47. The van der Waals surface area contributed by atoms with E-state index < -0.39 is 0 Å². The van der Waals surface area contributed by atoms with Gasteiger partial charge in [-0.05, 0) is 36.6 Å². The third kappa shape index (κ3) is 3.95. The molecule has 0 radical (unpaired) electrons. The van der Waals surface area contributed by atoms with Crippen molar-refractivity contribution in [2.24, 2.45) is 5.73 Å². The zero-order chi connectivity index (χ0) is 18.8. The molecule has 2 aliphatic heterocycles. The molecule has 0 unspecified atom stereocenters. The Morgan fingerprint density at radius 2 is 1.81 bits per heavy atom. The number of nitrogens with two attached hydrogens (primary N) is 1. The van der Waals surface area contributed by atoms with Gasteiger partial charge in [-0.1, -0.05) is 19.3 Å². The van der Waals surface area contributed by atoms with Gasteiger partial charge in [-0.3, -0.25) is 14.5 Å². The smallest absolute Gasteiger partial charge is 0.254 e. The van der Waals surface area contributed by atoms with Gasteiger partial charge in [0.2, 0.25) is 5.91 Å². The van der Waals surface area contributed by atoms with Gasteiger partial charge in [-0.2, -0.15) is 0 Å². The third-order valence-corrected chi connectivity index (χ3v) is 6.35. The van der Waals surface area contributed by atoms with Crippen molar-refractivity contribution in [3.8, 4) is 0 Å². The van der Waals surface area contributed by atoms with Crippen LogP contribution in [0, 0.1) is 0 Å². The number of carbonyl (C=O) groups excluding carboxylic acids is 2. The first-order valence-electron chi connectivity index (χ1n) is 10.3. The van der Waals surface area contributed by atoms with Crippen LogP contribution in [0.1, 0.15) is 54.4 Å². The van der Waals surface area contributed by atoms with Gasteiger partial charge in [0, 0.05) is 63.0 Å². The third-order valence-electron chi connectivity index (χ3n) is 6.35. The molecule has 2 N–H and O–H groups in total. The van der Waals surface area contributed by atoms with Crippen molar-refractivity contribution in [2.75, 3.05) is 37.6 Å². The number of piperazine rings is 1. The summed E-state index contributed by atoms with van der Waals surface area (Å²) in [6.07, 6.45) is 6.53. The highest BCUT2D eigenvalue weighted by Gasteiger charge is 2.33. The van der Waals surface area contributed by atoms with Crippen molar-refractivity contribution in [1.29, 1.82) is 0 Å². The normalized spacial score (nSPS) is 21.6. The molecular weight excluding hydrogens is 340 g/mol. The van der Waals surface area contributed by atoms with Gasteiger partial charge in [-0.15, -0.1) is 0 Å². The molecule has 0 spiro atoms. The van der Waals surface area contributed by atoms with Crippen LogP contribution in [0.5, 0.6) is 0 Å². The summed E-state index contributed by atoms with van der Waals surface area (Å²) in [6, 6.07) is 6.76. The lowest BCUT2D eigenvalue weighted by molar-refractivity contribution is -0.118. The van der Waals surface area contributed by atoms with Crippen molar-refractivity contribution in [3.63, 3.8) is 0 Å². The van der Waals surface area contributed by atoms with E-state index in [1.54, 1.807) is 0 Å². The van der Waals surface area contributed by atoms with Gasteiger partial charge in [0.15, 0.2) is 0 Å². The molecular formula is C21H30N4O2. The largest absolute Gasteiger partial charge is 0.370 e. The van der Waals surface area contributed by atoms with E-state index in [1.165, 1.54) is 30.5 Å². The second-order valence-corrected chi connectivity index (χ2v) is 8.11. The summed E-state index contributed by atoms with van der Waals surface area (Å²) in [5.41, 5.74) is 8.53. The number of hydrogen-bond donors (Lipinski definition) is 1. The summed E-state index contributed by atoms with van der Waals surface area (Å²) in [7, 11) is 0. The van der Waals surface area contributed by atoms with Crippen LogP contribution >= 0.6 is 0 Å². The quantitative estimate of drug-likeness (QED) is 0.860. The minimum Gasteiger partial charge on any atom is -0.370 e. The average molecular weight is 370 g/mol. The highest BCUT2D eigenvalue weighted by Crippen LogP contribution is 2.33. The van der Waals surface area contributed by atoms with E-state index in [0.717, 1.165) is 57.7 Å². The second kappa shape index (κ2) is 7.89. The van der Waals surface area contributed by atoms with Crippen LogP contribution in [-0.4, -0.2) is 60.4 Å². The summed E-state index contributed by atoms with van der Waals surface area (Å²) in [6.45, 7) is 5.29. The molecule has 0 bridgehead atoms. The minimum absolute atomic E-state index is 0.222. The highest BCUT2D eigenvalue weighted by atomic mass is 16.2. The summed E-state index contributed by atoms with van der Waals surface area (Å²) in [5.74, 6) is -0.0111. The van der Waals surface area contributed by atoms with E-state index in [4.69, 9.17) is 5.73 Å². The predicted molar refractivity (Wildman–Crippen MR) is 106 cm³/mol. The number of benzene rings is 1. The standard InChI is InChI=1S/C21H30N4O2/c22-20(26)8-9-23-10-12-24(13-11-23)18-6-7-19-16(14-18)15-25(21(19)27)17-4-2-1-3-5-17/h6-7,14,17H,1-5,8-13,15H2,(H2,22,26). The van der Waals surface area contributed by atoms with Gasteiger partial charge >= 0.3 is 0 Å². The molecule has 1 aromatic carbocycles. The Bertz CT molecular complexity index is 706. The first kappa shape index (κ1) is 18.3. The van der Waals surface area contributed by atoms with Gasteiger partial charge in [0.1, 0.15) is 0 Å². The molecule has 3 aliphatic rings. The van der Waals surface area contributed by atoms with Crippen LogP contribution in [0.4, 0.5) is 5.69 Å². The predicted octanol–water partition coefficient (Wildman–Crippen LogP) is 1.97. The Hall–Kier alpha value is -2.08. The van der Waals surface area contributed by atoms with Crippen LogP contribution in [0.25, 0.3) is 0 Å². The van der Waals surface area contributed by atoms with Crippen molar-refractivity contribution in [3.05, 3.63) is 29.3 Å². The fraction of sp³-hybridized carbons (Fsp3) is 0.619. The average Bonchev–Trinajstić information content (AvgIpc) is 3.03. The summed E-state index contributed by atoms with van der Waals surface area (Å²) in [4.78, 5) is 30.6. The molecule has 0 aromatic heterocycles. The van der Waals surface area contributed by atoms with Gasteiger partial charge in [0.05, 0.1) is 0 Å². The molecule has 0 atom stereocenters. The molecule has 2 amide bonds. The molecule has 27 heavy (non-hydrogen) atoms. The molecule has 6 nitrogen and oxygen atoms in total. The van der Waals surface area contributed by atoms with Crippen LogP contribution < -0.4 is 10.6 Å². The van der Waals surface area contributed by atoms with Gasteiger partial charge in [-0.25, -0.2) is 0 Å². The van der Waals surface area contributed by atoms with E-state index in [0.29, 0.717) is 12.5 Å². The molecule has 2 fully saturated rings. The molecule has 1 aliphatic carbocycles. The fourth-order valence-electron chi connectivity index (χ4n) is 4.71. The SMILES string of the molecule is NC(=O)CCN1CCN(c2ccc3c(c2)CN(C2CCCCC2)C3=O)CC1. The highest BCUT2D eigenvalue weighted by molar-refractivity contribution is 5.99. The summed E-state index contributed by atoms with van der Waals surface area (Å²) in [5, 5.41) is 0. The first-order valence-corrected chi connectivity index (χ1v) is 10.3. The maximum absolute atomic E-state index is 12.8. The Balaban J connectivity index is 1.39. The van der Waals surface area contributed by atoms with E-state index in [1.807, 2.05) is 6.07 Å². The van der Waals surface area contributed by atoms with Gasteiger partial charge in [0.25, 0.3) is 5.91 Å². The van der Waals surface area contributed by atoms with Crippen molar-refractivity contribution < 1.29 is 9.59 Å². The van der Waals surface area contributed by atoms with E-state index >= 15 is 0 Å². The molecule has 1 saturated heterocycles.